The number of aryl methyl sites for hydroxylation is 2. The first-order chi connectivity index (χ1) is 33.3. The van der Waals surface area contributed by atoms with Crippen LogP contribution >= 0.6 is 11.6 Å². The number of urea groups is 1. The molecule has 6 rings (SSSR count). The van der Waals surface area contributed by atoms with Crippen molar-refractivity contribution in [2.45, 2.75) is 91.1 Å². The number of amides is 5. The van der Waals surface area contributed by atoms with Crippen molar-refractivity contribution in [3.05, 3.63) is 101 Å². The number of ether oxygens (including phenoxy) is 2. The van der Waals surface area contributed by atoms with Crippen LogP contribution in [-0.4, -0.2) is 114 Å². The number of esters is 1. The summed E-state index contributed by atoms with van der Waals surface area (Å²) in [7, 11) is 1.39. The van der Waals surface area contributed by atoms with E-state index in [4.69, 9.17) is 26.8 Å². The molecule has 0 radical (unpaired) electrons. The molecule has 1 aliphatic rings. The smallest absolute Gasteiger partial charge is 0.435 e. The summed E-state index contributed by atoms with van der Waals surface area (Å²) >= 11 is 6.56. The standard InChI is InChI=1S/C48H58ClF3N12O7/c1-46(2,3)70-39(65)29-63-19-16-30(24-33(63)11-9-18-55-45(69)71-47(4,5)6)10-8-17-54-44(68)62-22-20-61(21-23-62)43(67)34-14-13-32(25-36(34)49)58-42(66)41-57-27-37(60(41)7)35-28-64(59-40(35)48(50,51)52)38-15-12-31(53)26-56-38/h12-16,19,24-28H,8-11,17-18,20-23,29,53H2,1-7H3,(H2-,54,55,58,66,67,68,69)/p+1. The van der Waals surface area contributed by atoms with Gasteiger partial charge in [-0.15, -0.1) is 0 Å². The minimum atomic E-state index is -4.84. The van der Waals surface area contributed by atoms with E-state index in [1.807, 2.05) is 43.7 Å². The number of nitrogens with two attached hydrogens (primary N) is 1. The average molecular weight is 1010 g/mol. The fraction of sp³-hybridized carbons (Fsp3) is 0.438. The maximum Gasteiger partial charge on any atom is 0.435 e. The zero-order chi connectivity index (χ0) is 51.8. The monoisotopic (exact) mass is 1010 g/mol. The van der Waals surface area contributed by atoms with E-state index in [1.165, 1.54) is 48.1 Å². The second-order valence-corrected chi connectivity index (χ2v) is 19.3. The molecule has 4 aromatic heterocycles. The molecular formula is C48H59ClF3N12O7+. The third-order valence-corrected chi connectivity index (χ3v) is 11.2. The number of nitrogens with one attached hydrogen (secondary N) is 3. The number of anilines is 2. The van der Waals surface area contributed by atoms with Gasteiger partial charge in [0.1, 0.15) is 11.2 Å². The van der Waals surface area contributed by atoms with Crippen LogP contribution in [-0.2, 0) is 46.9 Å². The van der Waals surface area contributed by atoms with Gasteiger partial charge < -0.3 is 45.5 Å². The first-order valence-corrected chi connectivity index (χ1v) is 23.3. The Kier molecular flexibility index (Phi) is 16.6. The quantitative estimate of drug-likeness (QED) is 0.0513. The number of halogens is 4. The Morgan fingerprint density at radius 2 is 1.51 bits per heavy atom. The molecule has 1 saturated heterocycles. The van der Waals surface area contributed by atoms with Crippen molar-refractivity contribution in [3.8, 4) is 17.1 Å². The van der Waals surface area contributed by atoms with Crippen LogP contribution in [0.25, 0.3) is 17.1 Å². The number of alkyl carbamates (subject to hydrolysis) is 1. The van der Waals surface area contributed by atoms with E-state index in [0.29, 0.717) is 44.5 Å². The Hall–Kier alpha value is -7.23. The number of rotatable bonds is 15. The number of hydrogen-bond acceptors (Lipinski definition) is 11. The number of hydrogen-bond donors (Lipinski definition) is 4. The van der Waals surface area contributed by atoms with Crippen LogP contribution in [0.5, 0.6) is 0 Å². The van der Waals surface area contributed by atoms with Gasteiger partial charge in [0.05, 0.1) is 39.9 Å². The zero-order valence-corrected chi connectivity index (χ0v) is 41.4. The number of imidazole rings is 1. The van der Waals surface area contributed by atoms with Gasteiger partial charge in [-0.05, 0) is 96.7 Å². The lowest BCUT2D eigenvalue weighted by Gasteiger charge is -2.35. The normalized spacial score (nSPS) is 13.2. The van der Waals surface area contributed by atoms with Crippen LogP contribution in [0.2, 0.25) is 5.02 Å². The summed E-state index contributed by atoms with van der Waals surface area (Å²) in [6.45, 7) is 12.7. The molecule has 0 unspecified atom stereocenters. The molecule has 0 bridgehead atoms. The molecule has 1 aromatic carbocycles. The van der Waals surface area contributed by atoms with Crippen LogP contribution < -0.4 is 26.3 Å². The second-order valence-electron chi connectivity index (χ2n) is 18.8. The van der Waals surface area contributed by atoms with Crippen molar-refractivity contribution < 1.29 is 51.2 Å². The summed E-state index contributed by atoms with van der Waals surface area (Å²) in [6, 6.07) is 10.9. The maximum absolute atomic E-state index is 14.1. The number of carbonyl (C=O) groups excluding carboxylic acids is 5. The van der Waals surface area contributed by atoms with E-state index in [0.717, 1.165) is 28.3 Å². The van der Waals surface area contributed by atoms with Crippen LogP contribution in [0.4, 0.5) is 34.1 Å². The van der Waals surface area contributed by atoms with Crippen LogP contribution in [0, 0.1) is 0 Å². The van der Waals surface area contributed by atoms with Gasteiger partial charge in [-0.1, -0.05) is 11.6 Å². The SMILES string of the molecule is Cn1c(-c2cn(-c3ccc(N)cn3)nc2C(F)(F)F)cnc1C(=O)Nc1ccc(C(=O)N2CCN(C(=O)NCCCc3cc[n+](CC(=O)OC(C)(C)C)c(CCCNC(=O)OC(C)(C)C)c3)CC2)c(Cl)c1. The molecule has 0 atom stereocenters. The number of nitrogens with zero attached hydrogens (tertiary/aromatic N) is 8. The third kappa shape index (κ3) is 14.7. The van der Waals surface area contributed by atoms with Crippen molar-refractivity contribution >= 4 is 52.9 Å². The van der Waals surface area contributed by atoms with Crippen LogP contribution in [0.3, 0.4) is 0 Å². The summed E-state index contributed by atoms with van der Waals surface area (Å²) in [5, 5.41) is 12.1. The minimum absolute atomic E-state index is 0.0287. The highest BCUT2D eigenvalue weighted by Gasteiger charge is 2.39. The summed E-state index contributed by atoms with van der Waals surface area (Å²) in [6.07, 6.45) is 2.53. The lowest BCUT2D eigenvalue weighted by molar-refractivity contribution is -0.693. The maximum atomic E-state index is 14.1. The molecule has 0 aliphatic carbocycles. The van der Waals surface area contributed by atoms with Gasteiger partial charge in [0.15, 0.2) is 29.2 Å². The molecule has 380 valence electrons. The molecule has 71 heavy (non-hydrogen) atoms. The molecular weight excluding hydrogens is 949 g/mol. The number of benzene rings is 1. The molecule has 0 spiro atoms. The highest BCUT2D eigenvalue weighted by atomic mass is 35.5. The van der Waals surface area contributed by atoms with Gasteiger partial charge in [0, 0.05) is 76.8 Å². The number of nitrogen functional groups attached to an aromatic ring is 1. The molecule has 5 N–H and O–H groups in total. The Balaban J connectivity index is 0.981. The first-order valence-electron chi connectivity index (χ1n) is 22.9. The van der Waals surface area contributed by atoms with E-state index >= 15 is 0 Å². The highest BCUT2D eigenvalue weighted by Crippen LogP contribution is 2.37. The fourth-order valence-corrected chi connectivity index (χ4v) is 7.83. The average Bonchev–Trinajstić information content (AvgIpc) is 3.90. The van der Waals surface area contributed by atoms with Gasteiger partial charge in [-0.3, -0.25) is 9.59 Å². The van der Waals surface area contributed by atoms with Gasteiger partial charge in [0.25, 0.3) is 11.8 Å². The summed E-state index contributed by atoms with van der Waals surface area (Å²) < 4.78 is 57.3. The summed E-state index contributed by atoms with van der Waals surface area (Å²) in [5.41, 5.74) is 5.45. The van der Waals surface area contributed by atoms with Gasteiger partial charge in [-0.2, -0.15) is 22.8 Å². The van der Waals surface area contributed by atoms with Crippen molar-refractivity contribution in [2.24, 2.45) is 7.05 Å². The largest absolute Gasteiger partial charge is 0.455 e. The number of pyridine rings is 2. The molecule has 23 heteroatoms. The van der Waals surface area contributed by atoms with Crippen LogP contribution in [0.15, 0.2) is 67.3 Å². The van der Waals surface area contributed by atoms with E-state index in [-0.39, 0.29) is 89.8 Å². The lowest BCUT2D eigenvalue weighted by atomic mass is 10.1. The number of alkyl halides is 3. The van der Waals surface area contributed by atoms with E-state index in [9.17, 15) is 37.1 Å². The summed E-state index contributed by atoms with van der Waals surface area (Å²) in [5.74, 6) is -1.60. The Morgan fingerprint density at radius 3 is 2.15 bits per heavy atom. The predicted octanol–water partition coefficient (Wildman–Crippen LogP) is 6.36. The molecule has 1 aliphatic heterocycles. The Bertz CT molecular complexity index is 2740. The fourth-order valence-electron chi connectivity index (χ4n) is 7.57. The molecule has 5 aromatic rings. The predicted molar refractivity (Wildman–Crippen MR) is 257 cm³/mol. The molecule has 1 fully saturated rings. The molecule has 5 amide bonds. The van der Waals surface area contributed by atoms with Gasteiger partial charge in [-0.25, -0.2) is 29.0 Å². The van der Waals surface area contributed by atoms with E-state index in [1.54, 1.807) is 30.6 Å². The van der Waals surface area contributed by atoms with E-state index < -0.39 is 35.1 Å². The molecule has 19 nitrogen and oxygen atoms in total. The minimum Gasteiger partial charge on any atom is -0.455 e. The topological polar surface area (TPSA) is 225 Å². The highest BCUT2D eigenvalue weighted by molar-refractivity contribution is 6.34. The Labute approximate surface area is 413 Å². The van der Waals surface area contributed by atoms with Crippen LogP contribution in [0.1, 0.15) is 92.3 Å². The molecule has 5 heterocycles. The third-order valence-electron chi connectivity index (χ3n) is 10.9. The number of carbonyl (C=O) groups is 5. The number of piperazine rings is 1. The summed E-state index contributed by atoms with van der Waals surface area (Å²) in [4.78, 5) is 76.2. The lowest BCUT2D eigenvalue weighted by Crippen LogP contribution is -2.53. The van der Waals surface area contributed by atoms with Crippen molar-refractivity contribution in [1.82, 2.24) is 44.7 Å². The Morgan fingerprint density at radius 1 is 0.831 bits per heavy atom. The van der Waals surface area contributed by atoms with E-state index in [2.05, 4.69) is 31.0 Å². The number of aromatic nitrogens is 6. The zero-order valence-electron chi connectivity index (χ0n) is 40.7. The van der Waals surface area contributed by atoms with Crippen molar-refractivity contribution in [2.75, 3.05) is 50.3 Å². The first kappa shape index (κ1) is 53.1. The molecule has 0 saturated carbocycles. The van der Waals surface area contributed by atoms with Gasteiger partial charge in [0.2, 0.25) is 6.54 Å². The second kappa shape index (κ2) is 22.2. The van der Waals surface area contributed by atoms with Crippen molar-refractivity contribution in [3.63, 3.8) is 0 Å². The van der Waals surface area contributed by atoms with Gasteiger partial charge >= 0.3 is 24.3 Å². The van der Waals surface area contributed by atoms with Crippen molar-refractivity contribution in [1.29, 1.82) is 0 Å².